The quantitative estimate of drug-likeness (QED) is 0.708. The monoisotopic (exact) mass is 264 g/mol. The first kappa shape index (κ1) is 15.6. The van der Waals surface area contributed by atoms with Crippen LogP contribution in [0, 0.1) is 17.3 Å². The van der Waals surface area contributed by atoms with Gasteiger partial charge in [0.1, 0.15) is 0 Å². The smallest absolute Gasteiger partial charge is 0.229 e. The molecule has 2 fully saturated rings. The van der Waals surface area contributed by atoms with Gasteiger partial charge in [-0.25, -0.2) is 0 Å². The third-order valence-corrected chi connectivity index (χ3v) is 3.80. The van der Waals surface area contributed by atoms with E-state index < -0.39 is 0 Å². The zero-order valence-electron chi connectivity index (χ0n) is 11.8. The number of hydrogen-bond acceptors (Lipinski definition) is 2. The molecule has 0 aromatic carbocycles. The lowest BCUT2D eigenvalue weighted by atomic mass is 9.80. The Morgan fingerprint density at radius 2 is 1.95 bits per heavy atom. The molecule has 0 aromatic rings. The van der Waals surface area contributed by atoms with Crippen LogP contribution in [0.15, 0.2) is 0 Å². The van der Waals surface area contributed by atoms with Crippen LogP contribution in [0.5, 0.6) is 0 Å². The van der Waals surface area contributed by atoms with E-state index in [9.17, 15) is 9.59 Å². The second-order valence-corrected chi connectivity index (χ2v) is 5.44. The number of amides is 2. The molecule has 1 aliphatic carbocycles. The molecule has 1 saturated heterocycles. The molecule has 1 saturated carbocycles. The van der Waals surface area contributed by atoms with Crippen molar-refractivity contribution in [3.63, 3.8) is 0 Å². The van der Waals surface area contributed by atoms with Crippen LogP contribution < -0.4 is 11.1 Å². The zero-order chi connectivity index (χ0) is 14.1. The SMILES string of the molecule is CC#CCC(N)=O.O=C1CC2(CCCCCC2)CN1. The molecule has 0 atom stereocenters. The normalized spacial score (nSPS) is 20.4. The van der Waals surface area contributed by atoms with Gasteiger partial charge >= 0.3 is 0 Å². The van der Waals surface area contributed by atoms with E-state index in [0.717, 1.165) is 13.0 Å². The van der Waals surface area contributed by atoms with Gasteiger partial charge in [0.15, 0.2) is 0 Å². The van der Waals surface area contributed by atoms with Gasteiger partial charge in [-0.05, 0) is 25.2 Å². The molecule has 1 aliphatic heterocycles. The number of hydrogen-bond donors (Lipinski definition) is 2. The van der Waals surface area contributed by atoms with Crippen molar-refractivity contribution in [2.45, 2.75) is 58.3 Å². The Morgan fingerprint density at radius 1 is 1.32 bits per heavy atom. The van der Waals surface area contributed by atoms with Crippen LogP contribution >= 0.6 is 0 Å². The molecule has 0 bridgehead atoms. The van der Waals surface area contributed by atoms with Crippen molar-refractivity contribution in [3.05, 3.63) is 0 Å². The Hall–Kier alpha value is -1.50. The maximum Gasteiger partial charge on any atom is 0.229 e. The second-order valence-electron chi connectivity index (χ2n) is 5.44. The van der Waals surface area contributed by atoms with Crippen LogP contribution in [-0.4, -0.2) is 18.4 Å². The van der Waals surface area contributed by atoms with Gasteiger partial charge < -0.3 is 11.1 Å². The fourth-order valence-electron chi connectivity index (χ4n) is 2.76. The van der Waals surface area contributed by atoms with E-state index in [0.29, 0.717) is 5.41 Å². The fraction of sp³-hybridized carbons (Fsp3) is 0.733. The van der Waals surface area contributed by atoms with Gasteiger partial charge in [-0.3, -0.25) is 9.59 Å². The largest absolute Gasteiger partial charge is 0.369 e. The van der Waals surface area contributed by atoms with E-state index in [1.54, 1.807) is 6.92 Å². The molecule has 3 N–H and O–H groups in total. The Morgan fingerprint density at radius 3 is 2.32 bits per heavy atom. The van der Waals surface area contributed by atoms with Crippen LogP contribution in [-0.2, 0) is 9.59 Å². The number of carbonyl (C=O) groups is 2. The first-order chi connectivity index (χ1) is 9.08. The number of rotatable bonds is 1. The molecular formula is C15H24N2O2. The summed E-state index contributed by atoms with van der Waals surface area (Å²) in [5.74, 6) is 4.98. The summed E-state index contributed by atoms with van der Waals surface area (Å²) in [6.07, 6.45) is 8.91. The van der Waals surface area contributed by atoms with Gasteiger partial charge in [-0.2, -0.15) is 0 Å². The van der Waals surface area contributed by atoms with Gasteiger partial charge in [0, 0.05) is 13.0 Å². The van der Waals surface area contributed by atoms with Crippen molar-refractivity contribution < 1.29 is 9.59 Å². The van der Waals surface area contributed by atoms with Gasteiger partial charge in [-0.1, -0.05) is 31.6 Å². The summed E-state index contributed by atoms with van der Waals surface area (Å²) in [6.45, 7) is 2.62. The van der Waals surface area contributed by atoms with Crippen LogP contribution in [0.4, 0.5) is 0 Å². The first-order valence-corrected chi connectivity index (χ1v) is 7.03. The molecular weight excluding hydrogens is 240 g/mol. The van der Waals surface area contributed by atoms with Crippen LogP contribution in [0.3, 0.4) is 0 Å². The van der Waals surface area contributed by atoms with Crippen molar-refractivity contribution in [3.8, 4) is 11.8 Å². The number of nitrogens with one attached hydrogen (secondary N) is 1. The van der Waals surface area contributed by atoms with Crippen molar-refractivity contribution in [2.24, 2.45) is 11.1 Å². The van der Waals surface area contributed by atoms with Gasteiger partial charge in [0.05, 0.1) is 6.42 Å². The van der Waals surface area contributed by atoms with E-state index in [1.807, 2.05) is 0 Å². The minimum atomic E-state index is -0.366. The predicted molar refractivity (Wildman–Crippen MR) is 75.0 cm³/mol. The zero-order valence-corrected chi connectivity index (χ0v) is 11.8. The molecule has 1 heterocycles. The molecule has 4 heteroatoms. The van der Waals surface area contributed by atoms with Gasteiger partial charge in [0.2, 0.25) is 11.8 Å². The van der Waals surface area contributed by atoms with E-state index in [2.05, 4.69) is 17.2 Å². The second kappa shape index (κ2) is 7.83. The third-order valence-electron chi connectivity index (χ3n) is 3.80. The molecule has 0 unspecified atom stereocenters. The minimum Gasteiger partial charge on any atom is -0.369 e. The minimum absolute atomic E-state index is 0.177. The van der Waals surface area contributed by atoms with E-state index in [4.69, 9.17) is 5.73 Å². The van der Waals surface area contributed by atoms with Crippen molar-refractivity contribution >= 4 is 11.8 Å². The standard InChI is InChI=1S/C10H17NO.C5H7NO/c12-9-7-10(8-11-9)5-3-1-2-4-6-10;1-2-3-4-5(6)7/h1-8H2,(H,11,12);4H2,1H3,(H2,6,7). The lowest BCUT2D eigenvalue weighted by Gasteiger charge is -2.24. The predicted octanol–water partition coefficient (Wildman–Crippen LogP) is 1.73. The van der Waals surface area contributed by atoms with Crippen molar-refractivity contribution in [1.29, 1.82) is 0 Å². The summed E-state index contributed by atoms with van der Waals surface area (Å²) >= 11 is 0. The van der Waals surface area contributed by atoms with E-state index in [1.165, 1.54) is 38.5 Å². The number of nitrogens with two attached hydrogens (primary N) is 1. The molecule has 1 spiro atoms. The average Bonchev–Trinajstić information content (AvgIpc) is 2.60. The highest BCUT2D eigenvalue weighted by Gasteiger charge is 2.37. The Kier molecular flexibility index (Phi) is 6.41. The molecule has 2 amide bonds. The summed E-state index contributed by atoms with van der Waals surface area (Å²) in [5, 5.41) is 2.97. The topological polar surface area (TPSA) is 72.2 Å². The summed E-state index contributed by atoms with van der Waals surface area (Å²) in [6, 6.07) is 0. The Bertz CT molecular complexity index is 371. The maximum absolute atomic E-state index is 11.1. The molecule has 2 aliphatic rings. The Balaban J connectivity index is 0.000000224. The lowest BCUT2D eigenvalue weighted by Crippen LogP contribution is -2.23. The highest BCUT2D eigenvalue weighted by molar-refractivity contribution is 5.79. The van der Waals surface area contributed by atoms with Crippen molar-refractivity contribution in [2.75, 3.05) is 6.54 Å². The molecule has 2 rings (SSSR count). The summed E-state index contributed by atoms with van der Waals surface area (Å²) < 4.78 is 0. The van der Waals surface area contributed by atoms with Gasteiger partial charge in [0.25, 0.3) is 0 Å². The fourth-order valence-corrected chi connectivity index (χ4v) is 2.76. The van der Waals surface area contributed by atoms with Gasteiger partial charge in [-0.15, -0.1) is 5.92 Å². The molecule has 19 heavy (non-hydrogen) atoms. The van der Waals surface area contributed by atoms with Crippen LogP contribution in [0.25, 0.3) is 0 Å². The van der Waals surface area contributed by atoms with E-state index in [-0.39, 0.29) is 18.2 Å². The van der Waals surface area contributed by atoms with E-state index >= 15 is 0 Å². The highest BCUT2D eigenvalue weighted by atomic mass is 16.2. The third kappa shape index (κ3) is 5.78. The molecule has 4 nitrogen and oxygen atoms in total. The van der Waals surface area contributed by atoms with Crippen molar-refractivity contribution in [1.82, 2.24) is 5.32 Å². The van der Waals surface area contributed by atoms with Crippen LogP contribution in [0.2, 0.25) is 0 Å². The summed E-state index contributed by atoms with van der Waals surface area (Å²) in [4.78, 5) is 21.0. The average molecular weight is 264 g/mol. The first-order valence-electron chi connectivity index (χ1n) is 7.03. The number of primary amides is 1. The summed E-state index contributed by atoms with van der Waals surface area (Å²) in [5.41, 5.74) is 5.11. The molecule has 106 valence electrons. The van der Waals surface area contributed by atoms with Crippen LogP contribution in [0.1, 0.15) is 58.3 Å². The summed E-state index contributed by atoms with van der Waals surface area (Å²) in [7, 11) is 0. The molecule has 0 radical (unpaired) electrons. The lowest BCUT2D eigenvalue weighted by molar-refractivity contribution is -0.120. The Labute approximate surface area is 115 Å². The molecule has 0 aromatic heterocycles. The number of carbonyl (C=O) groups excluding carboxylic acids is 2. The highest BCUT2D eigenvalue weighted by Crippen LogP contribution is 2.39. The maximum atomic E-state index is 11.1.